The van der Waals surface area contributed by atoms with Crippen LogP contribution in [0, 0.1) is 0 Å². The Bertz CT molecular complexity index is 663. The Morgan fingerprint density at radius 1 is 1.05 bits per heavy atom. The lowest BCUT2D eigenvalue weighted by atomic mass is 10.1. The van der Waals surface area contributed by atoms with Crippen molar-refractivity contribution in [3.05, 3.63) is 66.1 Å². The van der Waals surface area contributed by atoms with E-state index in [0.717, 1.165) is 12.1 Å². The summed E-state index contributed by atoms with van der Waals surface area (Å²) in [5, 5.41) is 7.07. The van der Waals surface area contributed by atoms with Crippen molar-refractivity contribution in [3.8, 4) is 11.5 Å². The van der Waals surface area contributed by atoms with Gasteiger partial charge < -0.3 is 5.73 Å². The van der Waals surface area contributed by atoms with Gasteiger partial charge in [0.25, 0.3) is 0 Å². The number of aromatic nitrogens is 4. The Hall–Kier alpha value is -2.53. The fourth-order valence-electron chi connectivity index (χ4n) is 2.01. The molecule has 20 heavy (non-hydrogen) atoms. The Morgan fingerprint density at radius 3 is 2.60 bits per heavy atom. The summed E-state index contributed by atoms with van der Waals surface area (Å²) >= 11 is 0. The zero-order valence-electron chi connectivity index (χ0n) is 10.9. The molecule has 1 atom stereocenters. The van der Waals surface area contributed by atoms with E-state index in [0.29, 0.717) is 11.6 Å². The predicted molar refractivity (Wildman–Crippen MR) is 76.7 cm³/mol. The number of nitrogens with two attached hydrogens (primary N) is 1. The molecule has 1 aromatic carbocycles. The second-order valence-electron chi connectivity index (χ2n) is 4.56. The van der Waals surface area contributed by atoms with Gasteiger partial charge in [0.2, 0.25) is 0 Å². The van der Waals surface area contributed by atoms with Crippen LogP contribution in [-0.2, 0) is 6.42 Å². The highest BCUT2D eigenvalue weighted by atomic mass is 15.2. The Morgan fingerprint density at radius 2 is 1.85 bits per heavy atom. The van der Waals surface area contributed by atoms with E-state index >= 15 is 0 Å². The molecule has 2 heterocycles. The van der Waals surface area contributed by atoms with Gasteiger partial charge in [-0.1, -0.05) is 36.4 Å². The van der Waals surface area contributed by atoms with Gasteiger partial charge in [-0.2, -0.15) is 5.10 Å². The molecule has 3 aromatic rings. The van der Waals surface area contributed by atoms with Gasteiger partial charge in [0.1, 0.15) is 11.5 Å². The van der Waals surface area contributed by atoms with E-state index in [2.05, 4.69) is 32.3 Å². The fraction of sp³-hybridized carbons (Fsp3) is 0.133. The largest absolute Gasteiger partial charge is 0.321 e. The summed E-state index contributed by atoms with van der Waals surface area (Å²) in [6.45, 7) is 0. The van der Waals surface area contributed by atoms with Crippen LogP contribution >= 0.6 is 0 Å². The van der Waals surface area contributed by atoms with E-state index in [9.17, 15) is 0 Å². The quantitative estimate of drug-likeness (QED) is 0.757. The Kier molecular flexibility index (Phi) is 3.52. The van der Waals surface area contributed by atoms with E-state index in [1.54, 1.807) is 6.20 Å². The summed E-state index contributed by atoms with van der Waals surface area (Å²) in [7, 11) is 0. The lowest BCUT2D eigenvalue weighted by Crippen LogP contribution is -2.15. The third-order valence-corrected chi connectivity index (χ3v) is 3.05. The van der Waals surface area contributed by atoms with Crippen LogP contribution in [0.4, 0.5) is 0 Å². The van der Waals surface area contributed by atoms with E-state index in [1.807, 2.05) is 36.4 Å². The monoisotopic (exact) mass is 265 g/mol. The van der Waals surface area contributed by atoms with Crippen LogP contribution in [0.1, 0.15) is 17.4 Å². The molecule has 0 aliphatic heterocycles. The molecule has 3 rings (SSSR count). The number of H-pyrrole nitrogens is 1. The molecule has 0 fully saturated rings. The number of hydrogen-bond acceptors (Lipinski definition) is 4. The van der Waals surface area contributed by atoms with Crippen molar-refractivity contribution in [1.82, 2.24) is 20.2 Å². The molecule has 0 spiro atoms. The maximum Gasteiger partial charge on any atom is 0.199 e. The van der Waals surface area contributed by atoms with Gasteiger partial charge in [-0.3, -0.25) is 10.1 Å². The second kappa shape index (κ2) is 5.63. The summed E-state index contributed by atoms with van der Waals surface area (Å²) in [6, 6.07) is 15.5. The van der Waals surface area contributed by atoms with Gasteiger partial charge in [-0.15, -0.1) is 0 Å². The molecule has 5 heteroatoms. The highest BCUT2D eigenvalue weighted by Gasteiger charge is 2.13. The molecule has 5 nitrogen and oxygen atoms in total. The molecule has 0 aliphatic carbocycles. The number of nitrogens with one attached hydrogen (secondary N) is 1. The van der Waals surface area contributed by atoms with Crippen LogP contribution in [0.2, 0.25) is 0 Å². The Balaban J connectivity index is 1.77. The van der Waals surface area contributed by atoms with E-state index < -0.39 is 0 Å². The summed E-state index contributed by atoms with van der Waals surface area (Å²) in [4.78, 5) is 8.64. The number of benzene rings is 1. The summed E-state index contributed by atoms with van der Waals surface area (Å²) in [5.74, 6) is 1.25. The zero-order chi connectivity index (χ0) is 13.8. The second-order valence-corrected chi connectivity index (χ2v) is 4.56. The molecule has 0 radical (unpaired) electrons. The molecule has 0 amide bonds. The summed E-state index contributed by atoms with van der Waals surface area (Å²) in [5.41, 5.74) is 8.08. The molecule has 3 N–H and O–H groups in total. The minimum Gasteiger partial charge on any atom is -0.321 e. The highest BCUT2D eigenvalue weighted by Crippen LogP contribution is 2.16. The van der Waals surface area contributed by atoms with E-state index in [4.69, 9.17) is 5.73 Å². The van der Waals surface area contributed by atoms with Crippen molar-refractivity contribution in [3.63, 3.8) is 0 Å². The van der Waals surface area contributed by atoms with Crippen molar-refractivity contribution >= 4 is 0 Å². The molecule has 0 aliphatic rings. The highest BCUT2D eigenvalue weighted by molar-refractivity contribution is 5.47. The number of nitrogens with zero attached hydrogens (tertiary/aromatic N) is 3. The molecular weight excluding hydrogens is 250 g/mol. The first-order chi connectivity index (χ1) is 9.83. The normalized spacial score (nSPS) is 12.2. The van der Waals surface area contributed by atoms with Crippen molar-refractivity contribution < 1.29 is 0 Å². The van der Waals surface area contributed by atoms with E-state index in [-0.39, 0.29) is 6.04 Å². The zero-order valence-corrected chi connectivity index (χ0v) is 10.9. The predicted octanol–water partition coefficient (Wildman–Crippen LogP) is 2.11. The molecule has 0 bridgehead atoms. The third kappa shape index (κ3) is 2.73. The van der Waals surface area contributed by atoms with Crippen molar-refractivity contribution in [2.24, 2.45) is 5.73 Å². The standard InChI is InChI=1S/C15H15N5/c16-12(10-11-6-2-1-3-7-11)14-18-15(20-19-14)13-8-4-5-9-17-13/h1-9,12H,10,16H2,(H,18,19,20). The average molecular weight is 265 g/mol. The first-order valence-corrected chi connectivity index (χ1v) is 6.46. The molecule has 2 aromatic heterocycles. The van der Waals surface area contributed by atoms with Crippen molar-refractivity contribution in [2.45, 2.75) is 12.5 Å². The van der Waals surface area contributed by atoms with Crippen molar-refractivity contribution in [1.29, 1.82) is 0 Å². The van der Waals surface area contributed by atoms with Gasteiger partial charge in [0.15, 0.2) is 5.82 Å². The van der Waals surface area contributed by atoms with Gasteiger partial charge in [0, 0.05) is 6.20 Å². The molecular formula is C15H15N5. The molecule has 1 unspecified atom stereocenters. The van der Waals surface area contributed by atoms with Crippen LogP contribution in [0.3, 0.4) is 0 Å². The van der Waals surface area contributed by atoms with Crippen LogP contribution < -0.4 is 5.73 Å². The average Bonchev–Trinajstić information content (AvgIpc) is 2.99. The maximum atomic E-state index is 6.16. The smallest absolute Gasteiger partial charge is 0.199 e. The number of aromatic amines is 1. The number of pyridine rings is 1. The maximum absolute atomic E-state index is 6.16. The lowest BCUT2D eigenvalue weighted by molar-refractivity contribution is 0.671. The van der Waals surface area contributed by atoms with E-state index in [1.165, 1.54) is 5.56 Å². The topological polar surface area (TPSA) is 80.5 Å². The summed E-state index contributed by atoms with van der Waals surface area (Å²) < 4.78 is 0. The minimum atomic E-state index is -0.206. The number of hydrogen-bond donors (Lipinski definition) is 2. The molecule has 0 saturated heterocycles. The first-order valence-electron chi connectivity index (χ1n) is 6.46. The van der Waals surface area contributed by atoms with Crippen LogP contribution in [0.15, 0.2) is 54.7 Å². The Labute approximate surface area is 116 Å². The van der Waals surface area contributed by atoms with Crippen molar-refractivity contribution in [2.75, 3.05) is 0 Å². The number of rotatable bonds is 4. The van der Waals surface area contributed by atoms with Gasteiger partial charge in [0.05, 0.1) is 6.04 Å². The minimum absolute atomic E-state index is 0.206. The molecule has 100 valence electrons. The SMILES string of the molecule is NC(Cc1ccccc1)c1nc(-c2ccccn2)n[nH]1. The molecule has 0 saturated carbocycles. The van der Waals surface area contributed by atoms with Crippen LogP contribution in [0.5, 0.6) is 0 Å². The van der Waals surface area contributed by atoms with Crippen LogP contribution in [0.25, 0.3) is 11.5 Å². The third-order valence-electron chi connectivity index (χ3n) is 3.05. The van der Waals surface area contributed by atoms with Gasteiger partial charge in [-0.05, 0) is 24.1 Å². The fourth-order valence-corrected chi connectivity index (χ4v) is 2.01. The first kappa shape index (κ1) is 12.5. The van der Waals surface area contributed by atoms with Gasteiger partial charge in [-0.25, -0.2) is 4.98 Å². The van der Waals surface area contributed by atoms with Gasteiger partial charge >= 0.3 is 0 Å². The summed E-state index contributed by atoms with van der Waals surface area (Å²) in [6.07, 6.45) is 2.44. The van der Waals surface area contributed by atoms with Crippen LogP contribution in [-0.4, -0.2) is 20.2 Å². The lowest BCUT2D eigenvalue weighted by Gasteiger charge is -2.07.